The van der Waals surface area contributed by atoms with Gasteiger partial charge in [0.15, 0.2) is 0 Å². The molecule has 6 nitrogen and oxygen atoms in total. The zero-order chi connectivity index (χ0) is 20.0. The van der Waals surface area contributed by atoms with Crippen molar-refractivity contribution in [3.05, 3.63) is 23.8 Å². The van der Waals surface area contributed by atoms with Crippen LogP contribution in [0.4, 0.5) is 0 Å². The van der Waals surface area contributed by atoms with E-state index in [1.54, 1.807) is 6.08 Å². The maximum Gasteiger partial charge on any atom is 0.336 e. The Morgan fingerprint density at radius 3 is 2.63 bits per heavy atom. The van der Waals surface area contributed by atoms with E-state index in [2.05, 4.69) is 18.7 Å². The maximum absolute atomic E-state index is 11.8. The number of oxime groups is 1. The fraction of sp³-hybridized carbons (Fsp3) is 0.714. The number of allylic oxidation sites excluding steroid dienone is 2. The average Bonchev–Trinajstić information content (AvgIpc) is 2.90. The molecule has 0 aromatic rings. The van der Waals surface area contributed by atoms with Gasteiger partial charge in [-0.15, -0.1) is 5.16 Å². The van der Waals surface area contributed by atoms with Crippen molar-refractivity contribution in [1.29, 1.82) is 0 Å². The van der Waals surface area contributed by atoms with Gasteiger partial charge in [0.2, 0.25) is 0 Å². The molecule has 0 radical (unpaired) electrons. The number of rotatable bonds is 3. The van der Waals surface area contributed by atoms with Crippen LogP contribution in [0.25, 0.3) is 0 Å². The summed E-state index contributed by atoms with van der Waals surface area (Å²) in [7, 11) is 0. The summed E-state index contributed by atoms with van der Waals surface area (Å²) in [6.45, 7) is 10.3. The first kappa shape index (κ1) is 20.1. The van der Waals surface area contributed by atoms with Crippen LogP contribution in [-0.4, -0.2) is 45.9 Å². The van der Waals surface area contributed by atoms with E-state index in [4.69, 9.17) is 4.74 Å². The molecular formula is C21H31NO5. The number of nitrogens with zero attached hydrogens (tertiary/aromatic N) is 1. The molecule has 0 aromatic heterocycles. The minimum absolute atomic E-state index is 0.0179. The van der Waals surface area contributed by atoms with Gasteiger partial charge in [-0.2, -0.15) is 0 Å². The Hall–Kier alpha value is -1.66. The van der Waals surface area contributed by atoms with Gasteiger partial charge >= 0.3 is 5.97 Å². The summed E-state index contributed by atoms with van der Waals surface area (Å²) in [4.78, 5) is 11.8. The first-order valence-electron chi connectivity index (χ1n) is 9.70. The quantitative estimate of drug-likeness (QED) is 0.175. The molecule has 0 aromatic carbocycles. The highest BCUT2D eigenvalue weighted by Crippen LogP contribution is 2.63. The molecular weight excluding hydrogens is 346 g/mol. The molecule has 0 bridgehead atoms. The molecule has 0 spiro atoms. The van der Waals surface area contributed by atoms with Gasteiger partial charge in [0.1, 0.15) is 12.7 Å². The van der Waals surface area contributed by atoms with Crippen LogP contribution in [0.15, 0.2) is 29.0 Å². The van der Waals surface area contributed by atoms with E-state index < -0.39 is 23.1 Å². The molecule has 3 rings (SSSR count). The lowest BCUT2D eigenvalue weighted by Crippen LogP contribution is -2.61. The van der Waals surface area contributed by atoms with Gasteiger partial charge in [0, 0.05) is 5.41 Å². The van der Waals surface area contributed by atoms with Crippen molar-refractivity contribution >= 4 is 12.2 Å². The predicted octanol–water partition coefficient (Wildman–Crippen LogP) is 2.82. The van der Waals surface area contributed by atoms with E-state index in [0.717, 1.165) is 24.8 Å². The highest BCUT2D eigenvalue weighted by molar-refractivity contribution is 5.91. The van der Waals surface area contributed by atoms with E-state index in [0.29, 0.717) is 18.4 Å². The maximum atomic E-state index is 11.8. The van der Waals surface area contributed by atoms with Gasteiger partial charge in [-0.05, 0) is 56.3 Å². The number of carbonyl (C=O) groups excluding carboxylic acids is 1. The highest BCUT2D eigenvalue weighted by atomic mass is 16.6. The molecule has 0 amide bonds. The van der Waals surface area contributed by atoms with Crippen LogP contribution in [0.5, 0.6) is 0 Å². The van der Waals surface area contributed by atoms with Crippen LogP contribution in [0, 0.1) is 22.7 Å². The summed E-state index contributed by atoms with van der Waals surface area (Å²) in [5, 5.41) is 33.6. The fourth-order valence-corrected chi connectivity index (χ4v) is 5.75. The second kappa shape index (κ2) is 6.74. The zero-order valence-electron chi connectivity index (χ0n) is 16.4. The molecule has 27 heavy (non-hydrogen) atoms. The van der Waals surface area contributed by atoms with Crippen molar-refractivity contribution in [1.82, 2.24) is 0 Å². The molecule has 3 N–H and O–H groups in total. The fourth-order valence-electron chi connectivity index (χ4n) is 5.75. The second-order valence-corrected chi connectivity index (χ2v) is 9.12. The number of esters is 1. The minimum atomic E-state index is -0.962. The molecule has 1 aliphatic heterocycles. The van der Waals surface area contributed by atoms with Crippen molar-refractivity contribution in [2.24, 2.45) is 27.8 Å². The Balaban J connectivity index is 1.95. The van der Waals surface area contributed by atoms with Gasteiger partial charge in [0.25, 0.3) is 0 Å². The van der Waals surface area contributed by atoms with Gasteiger partial charge in [0.05, 0.1) is 17.4 Å². The van der Waals surface area contributed by atoms with Crippen LogP contribution in [-0.2, 0) is 9.53 Å². The van der Waals surface area contributed by atoms with Crippen molar-refractivity contribution in [2.75, 3.05) is 6.61 Å². The van der Waals surface area contributed by atoms with Crippen molar-refractivity contribution < 1.29 is 25.0 Å². The standard InChI is InChI=1S/C21H31NO5/c1-13-5-8-17-19(2,9-10-21(4,25)20(17,3)12-22-26)15(13)7-6-14-16(23)11-27-18(14)24/h6,12,15-17,23,25-26H,1,5,7-11H2,2-4H3/b14-6+,22-12+/t15-,16-,17+,19+,20+,21?/m1/s1. The van der Waals surface area contributed by atoms with Crippen molar-refractivity contribution in [3.8, 4) is 0 Å². The van der Waals surface area contributed by atoms with Crippen LogP contribution in [0.3, 0.4) is 0 Å². The number of aliphatic hydroxyl groups is 2. The third kappa shape index (κ3) is 3.03. The van der Waals surface area contributed by atoms with E-state index in [1.165, 1.54) is 6.21 Å². The van der Waals surface area contributed by atoms with Gasteiger partial charge in [-0.3, -0.25) is 0 Å². The summed E-state index contributed by atoms with van der Waals surface area (Å²) in [5.74, 6) is -0.222. The SMILES string of the molecule is C=C1CC[C@H]2[C@@](C)(CCC(C)(O)[C@@]2(C)/C=N/O)[C@@H]1C/C=C1/C(=O)OC[C@H]1O. The summed E-state index contributed by atoms with van der Waals surface area (Å²) in [5.41, 5.74) is -0.311. The molecule has 150 valence electrons. The zero-order valence-corrected chi connectivity index (χ0v) is 16.4. The molecule has 1 saturated heterocycles. The van der Waals surface area contributed by atoms with Crippen LogP contribution in [0.1, 0.15) is 52.9 Å². The number of hydrogen-bond donors (Lipinski definition) is 3. The minimum Gasteiger partial charge on any atom is -0.459 e. The first-order valence-corrected chi connectivity index (χ1v) is 9.70. The lowest BCUT2D eigenvalue weighted by Gasteiger charge is -2.62. The second-order valence-electron chi connectivity index (χ2n) is 9.12. The topological polar surface area (TPSA) is 99.4 Å². The predicted molar refractivity (Wildman–Crippen MR) is 101 cm³/mol. The smallest absolute Gasteiger partial charge is 0.336 e. The molecule has 1 unspecified atom stereocenters. The summed E-state index contributed by atoms with van der Waals surface area (Å²) in [6, 6.07) is 0. The van der Waals surface area contributed by atoms with Gasteiger partial charge in [-0.25, -0.2) is 4.79 Å². The average molecular weight is 377 g/mol. The molecule has 1 heterocycles. The normalized spacial score (nSPS) is 46.7. The Bertz CT molecular complexity index is 697. The Morgan fingerprint density at radius 1 is 1.33 bits per heavy atom. The number of ether oxygens (including phenoxy) is 1. The molecule has 2 saturated carbocycles. The molecule has 3 aliphatic rings. The monoisotopic (exact) mass is 377 g/mol. The molecule has 3 fully saturated rings. The number of cyclic esters (lactones) is 1. The van der Waals surface area contributed by atoms with Gasteiger partial charge < -0.3 is 20.2 Å². The van der Waals surface area contributed by atoms with E-state index in [1.807, 2.05) is 13.8 Å². The highest BCUT2D eigenvalue weighted by Gasteiger charge is 2.61. The molecule has 6 heteroatoms. The lowest BCUT2D eigenvalue weighted by atomic mass is 9.43. The van der Waals surface area contributed by atoms with Crippen molar-refractivity contribution in [3.63, 3.8) is 0 Å². The van der Waals surface area contributed by atoms with E-state index >= 15 is 0 Å². The molecule has 2 aliphatic carbocycles. The summed E-state index contributed by atoms with van der Waals surface area (Å²) < 4.78 is 4.91. The number of fused-ring (bicyclic) bond motifs is 1. The molecule has 6 atom stereocenters. The number of aliphatic hydroxyl groups excluding tert-OH is 1. The van der Waals surface area contributed by atoms with Crippen LogP contribution >= 0.6 is 0 Å². The summed E-state index contributed by atoms with van der Waals surface area (Å²) >= 11 is 0. The Labute approximate surface area is 160 Å². The first-order chi connectivity index (χ1) is 12.6. The van der Waals surface area contributed by atoms with Crippen LogP contribution in [0.2, 0.25) is 0 Å². The Morgan fingerprint density at radius 2 is 2.04 bits per heavy atom. The van der Waals surface area contributed by atoms with Crippen molar-refractivity contribution in [2.45, 2.75) is 64.6 Å². The lowest BCUT2D eigenvalue weighted by molar-refractivity contribution is -0.152. The Kier molecular flexibility index (Phi) is 5.02. The number of carbonyl (C=O) groups is 1. The van der Waals surface area contributed by atoms with Gasteiger partial charge in [-0.1, -0.05) is 32.1 Å². The van der Waals surface area contributed by atoms with E-state index in [9.17, 15) is 20.2 Å². The number of hydrogen-bond acceptors (Lipinski definition) is 6. The third-order valence-electron chi connectivity index (χ3n) is 7.74. The summed E-state index contributed by atoms with van der Waals surface area (Å²) in [6.07, 6.45) is 6.13. The third-order valence-corrected chi connectivity index (χ3v) is 7.74. The van der Waals surface area contributed by atoms with E-state index in [-0.39, 0.29) is 23.9 Å². The largest absolute Gasteiger partial charge is 0.459 e. The van der Waals surface area contributed by atoms with Crippen LogP contribution < -0.4 is 0 Å².